The quantitative estimate of drug-likeness (QED) is 0.0463. The number of pyridine rings is 3. The van der Waals surface area contributed by atoms with E-state index in [-0.39, 0.29) is 0 Å². The molecule has 0 bridgehead atoms. The minimum Gasteiger partial charge on any atom is -0.439 e. The van der Waals surface area contributed by atoms with Crippen molar-refractivity contribution in [2.24, 2.45) is 16.8 Å². The summed E-state index contributed by atoms with van der Waals surface area (Å²) in [5, 5.41) is 27.8. The molecule has 2 fully saturated rings. The normalized spacial score (nSPS) is 15.6. The molecule has 0 saturated heterocycles. The van der Waals surface area contributed by atoms with Gasteiger partial charge in [0.1, 0.15) is 42.3 Å². The van der Waals surface area contributed by atoms with Crippen molar-refractivity contribution in [3.63, 3.8) is 0 Å². The fraction of sp³-hybridized carbons (Fsp3) is 0.329. The summed E-state index contributed by atoms with van der Waals surface area (Å²) in [4.78, 5) is 40.6. The standard InChI is InChI=1S/C27H33N5O3Si.C22H20N4O2.C21H25N5O2Si/c1-36(2,3)13-12-34-19-32-26(10-11-29-32)21-5-9-27(28-16-21)35-24-7-8-25-22(15-24)17-30-31(25)18-20-4-6-23(33)14-20;27-19-3-1-15(9-19)14-26-21-5-4-20(10-18(21)13-25-26)28-22-6-2-16(12-24-22)17-7-8-23-11-17;1-29(2,3)11-10-27-15-26-20(8-9-24-26)16-4-7-21(22-13-16)28-18-5-6-19-17(12-18)14-23-25-19/h5,7-11,15-17,20H,4,6,12-14,18-19H2,1-3H3;2,4-8,10,12-13,15H,1,3,9,11,14H2;4-9,12-14H,10-11,15H2,1-3H3,(H,23,25)/t20-;15-;/m11./s1. The van der Waals surface area contributed by atoms with Gasteiger partial charge in [0.2, 0.25) is 17.6 Å². The highest BCUT2D eigenvalue weighted by Crippen LogP contribution is 2.33. The van der Waals surface area contributed by atoms with Crippen molar-refractivity contribution in [3.8, 4) is 57.4 Å². The molecule has 8 aromatic heterocycles. The molecule has 2 aliphatic carbocycles. The molecule has 14 rings (SSSR count). The maximum absolute atomic E-state index is 11.6. The number of hydrogen-bond donors (Lipinski definition) is 1. The molecular weight excluding hydrogens is 1210 g/mol. The molecule has 93 heavy (non-hydrogen) atoms. The third-order valence-corrected chi connectivity index (χ3v) is 19.9. The number of H-pyrrole nitrogens is 1. The number of carbonyl (C=O) groups is 2. The van der Waals surface area contributed by atoms with Crippen molar-refractivity contribution in [2.45, 2.75) is 116 Å². The second-order valence-corrected chi connectivity index (χ2v) is 37.5. The number of benzene rings is 3. The number of aromatic amines is 1. The average Bonchev–Trinajstić information content (AvgIpc) is 2.25. The van der Waals surface area contributed by atoms with Crippen molar-refractivity contribution < 1.29 is 33.3 Å². The first-order valence-electron chi connectivity index (χ1n) is 31.8. The number of Topliss-reactive ketones (excluding diaryl/α,β-unsaturated/α-hetero) is 2. The number of carbonyl (C=O) groups excluding carboxylic acids is 2. The lowest BCUT2D eigenvalue weighted by Gasteiger charge is -2.16. The molecule has 9 heterocycles. The molecule has 0 spiro atoms. The van der Waals surface area contributed by atoms with Gasteiger partial charge in [0.15, 0.2) is 0 Å². The lowest BCUT2D eigenvalue weighted by atomic mass is 10.1. The van der Waals surface area contributed by atoms with Crippen LogP contribution in [0.5, 0.6) is 34.9 Å². The molecule has 2 atom stereocenters. The molecule has 2 saturated carbocycles. The summed E-state index contributed by atoms with van der Waals surface area (Å²) < 4.78 is 37.2. The number of fused-ring (bicyclic) bond motifs is 3. The van der Waals surface area contributed by atoms with Crippen LogP contribution in [0.3, 0.4) is 0 Å². The van der Waals surface area contributed by atoms with E-state index >= 15 is 0 Å². The predicted octanol–water partition coefficient (Wildman–Crippen LogP) is 14.8. The van der Waals surface area contributed by atoms with Gasteiger partial charge in [-0.1, -0.05) is 39.3 Å². The Kier molecular flexibility index (Phi) is 19.8. The predicted molar refractivity (Wildman–Crippen MR) is 365 cm³/mol. The van der Waals surface area contributed by atoms with Crippen molar-refractivity contribution in [3.05, 3.63) is 164 Å². The largest absolute Gasteiger partial charge is 0.439 e. The van der Waals surface area contributed by atoms with Gasteiger partial charge in [-0.25, -0.2) is 24.3 Å². The number of aliphatic imine (C=N–C) groups is 1. The van der Waals surface area contributed by atoms with Gasteiger partial charge in [-0.05, 0) is 139 Å². The van der Waals surface area contributed by atoms with E-state index in [4.69, 9.17) is 23.7 Å². The summed E-state index contributed by atoms with van der Waals surface area (Å²) in [6.07, 6.45) is 22.9. The van der Waals surface area contributed by atoms with E-state index in [9.17, 15) is 9.59 Å². The van der Waals surface area contributed by atoms with E-state index in [2.05, 4.69) is 89.8 Å². The molecular formula is C70H78N14O7Si2. The van der Waals surface area contributed by atoms with Crippen LogP contribution in [0.15, 0.2) is 164 Å². The van der Waals surface area contributed by atoms with Crippen molar-refractivity contribution >= 4 is 72.2 Å². The van der Waals surface area contributed by atoms with E-state index in [0.29, 0.717) is 92.5 Å². The van der Waals surface area contributed by atoms with Crippen molar-refractivity contribution in [2.75, 3.05) is 19.8 Å². The Morgan fingerprint density at radius 3 is 1.41 bits per heavy atom. The Morgan fingerprint density at radius 2 is 0.978 bits per heavy atom. The lowest BCUT2D eigenvalue weighted by molar-refractivity contribution is -0.118. The van der Waals surface area contributed by atoms with E-state index in [0.717, 1.165) is 129 Å². The third-order valence-electron chi connectivity index (χ3n) is 16.5. The smallest absolute Gasteiger partial charge is 0.219 e. The van der Waals surface area contributed by atoms with Crippen molar-refractivity contribution in [1.29, 1.82) is 0 Å². The van der Waals surface area contributed by atoms with E-state index in [1.807, 2.05) is 153 Å². The summed E-state index contributed by atoms with van der Waals surface area (Å²) in [5.41, 5.74) is 9.15. The third kappa shape index (κ3) is 17.1. The number of aromatic nitrogens is 13. The number of ketones is 2. The Morgan fingerprint density at radius 1 is 0.505 bits per heavy atom. The Hall–Kier alpha value is -9.56. The summed E-state index contributed by atoms with van der Waals surface area (Å²) in [7, 11) is -2.20. The van der Waals surface area contributed by atoms with Crippen molar-refractivity contribution in [1.82, 2.24) is 64.3 Å². The van der Waals surface area contributed by atoms with E-state index in [1.54, 1.807) is 31.0 Å². The van der Waals surface area contributed by atoms with E-state index < -0.39 is 16.1 Å². The van der Waals surface area contributed by atoms with Crippen LogP contribution in [0, 0.1) is 11.8 Å². The van der Waals surface area contributed by atoms with Crippen LogP contribution in [0.25, 0.3) is 60.8 Å². The Bertz CT molecular complexity index is 4410. The highest BCUT2D eigenvalue weighted by molar-refractivity contribution is 6.76. The van der Waals surface area contributed by atoms with Crippen LogP contribution in [0.4, 0.5) is 0 Å². The second kappa shape index (κ2) is 28.9. The van der Waals surface area contributed by atoms with Crippen LogP contribution in [0.1, 0.15) is 44.1 Å². The number of allylic oxidation sites excluding steroid dienone is 1. The fourth-order valence-corrected chi connectivity index (χ4v) is 12.8. The zero-order valence-electron chi connectivity index (χ0n) is 53.5. The number of nitrogens with zero attached hydrogens (tertiary/aromatic N) is 13. The number of ether oxygens (including phenoxy) is 5. The van der Waals surface area contributed by atoms with Gasteiger partial charge >= 0.3 is 0 Å². The van der Waals surface area contributed by atoms with Crippen LogP contribution in [-0.2, 0) is 45.6 Å². The molecule has 21 nitrogen and oxygen atoms in total. The topological polar surface area (TPSA) is 231 Å². The first kappa shape index (κ1) is 63.6. The molecule has 0 amide bonds. The molecule has 11 aromatic rings. The molecule has 23 heteroatoms. The maximum Gasteiger partial charge on any atom is 0.219 e. The SMILES string of the molecule is C[Si](C)(C)CCOCn1nccc1-c1ccc(Oc2ccc3[nH]ncc3c2)nc1.C[Si](C)(C)CCOCn1nccc1-c1ccc(Oc2ccc3c(cnn3C[C@@H]3CCC(=O)C3)c2)nc1.O=C1CC[C@@H](Cn2ncc3cc(Oc4ccc(C5=CC=NC5)cn4)ccc32)C1. The van der Waals surface area contributed by atoms with Crippen LogP contribution >= 0.6 is 0 Å². The number of hydrogen-bond acceptors (Lipinski definition) is 16. The number of nitrogens with one attached hydrogen (secondary N) is 1. The van der Waals surface area contributed by atoms with Gasteiger partial charge in [-0.3, -0.25) is 29.0 Å². The second-order valence-electron chi connectivity index (χ2n) is 26.3. The number of rotatable bonds is 23. The van der Waals surface area contributed by atoms with Crippen LogP contribution in [-0.4, -0.2) is 118 Å². The van der Waals surface area contributed by atoms with Gasteiger partial charge in [-0.2, -0.15) is 25.5 Å². The summed E-state index contributed by atoms with van der Waals surface area (Å²) in [6, 6.07) is 35.4. The minimum atomic E-state index is -1.11. The summed E-state index contributed by atoms with van der Waals surface area (Å²) >= 11 is 0. The minimum absolute atomic E-state index is 0.362. The van der Waals surface area contributed by atoms with Gasteiger partial charge in [0.05, 0.1) is 53.1 Å². The maximum atomic E-state index is 11.6. The van der Waals surface area contributed by atoms with Crippen LogP contribution in [0.2, 0.25) is 51.4 Å². The van der Waals surface area contributed by atoms with Gasteiger partial charge < -0.3 is 23.7 Å². The highest BCUT2D eigenvalue weighted by Gasteiger charge is 2.25. The Labute approximate surface area is 541 Å². The first-order valence-corrected chi connectivity index (χ1v) is 39.2. The summed E-state index contributed by atoms with van der Waals surface area (Å²) in [6.45, 7) is 18.7. The molecule has 0 unspecified atom stereocenters. The monoisotopic (exact) mass is 1280 g/mol. The molecule has 1 N–H and O–H groups in total. The zero-order valence-corrected chi connectivity index (χ0v) is 55.5. The Balaban J connectivity index is 0.000000136. The lowest BCUT2D eigenvalue weighted by Crippen LogP contribution is -2.22. The molecule has 478 valence electrons. The molecule has 1 aliphatic heterocycles. The van der Waals surface area contributed by atoms with Gasteiger partial charge in [-0.15, -0.1) is 0 Å². The van der Waals surface area contributed by atoms with Gasteiger partial charge in [0, 0.05) is 151 Å². The highest BCUT2D eigenvalue weighted by atomic mass is 28.3. The molecule has 3 aromatic carbocycles. The van der Waals surface area contributed by atoms with Gasteiger partial charge in [0.25, 0.3) is 0 Å². The first-order chi connectivity index (χ1) is 45.1. The van der Waals surface area contributed by atoms with Crippen LogP contribution < -0.4 is 14.2 Å². The zero-order chi connectivity index (χ0) is 64.3. The summed E-state index contributed by atoms with van der Waals surface area (Å²) in [5.74, 6) is 5.28. The molecule has 0 radical (unpaired) electrons. The molecule has 3 aliphatic rings. The average molecular weight is 1280 g/mol. The van der Waals surface area contributed by atoms with E-state index in [1.165, 1.54) is 0 Å². The fourth-order valence-electron chi connectivity index (χ4n) is 11.2.